The van der Waals surface area contributed by atoms with Crippen LogP contribution in [0, 0.1) is 6.92 Å². The molecule has 30 heavy (non-hydrogen) atoms. The second kappa shape index (κ2) is 8.19. The lowest BCUT2D eigenvalue weighted by Gasteiger charge is -2.36. The van der Waals surface area contributed by atoms with Gasteiger partial charge in [0.15, 0.2) is 5.82 Å². The van der Waals surface area contributed by atoms with Gasteiger partial charge in [-0.25, -0.2) is 8.42 Å². The van der Waals surface area contributed by atoms with Crippen LogP contribution in [0.25, 0.3) is 0 Å². The lowest BCUT2D eigenvalue weighted by Crippen LogP contribution is -2.48. The average Bonchev–Trinajstić information content (AvgIpc) is 3.11. The van der Waals surface area contributed by atoms with Crippen molar-refractivity contribution in [3.05, 3.63) is 69.3 Å². The van der Waals surface area contributed by atoms with Crippen LogP contribution in [-0.2, 0) is 16.4 Å². The fourth-order valence-corrected chi connectivity index (χ4v) is 5.62. The summed E-state index contributed by atoms with van der Waals surface area (Å²) in [6, 6.07) is 10.5. The van der Waals surface area contributed by atoms with Gasteiger partial charge in [-0.1, -0.05) is 46.6 Å². The number of halogens is 2. The van der Waals surface area contributed by atoms with E-state index in [-0.39, 0.29) is 28.9 Å². The van der Waals surface area contributed by atoms with Crippen LogP contribution in [0.3, 0.4) is 0 Å². The Kier molecular flexibility index (Phi) is 5.76. The molecule has 0 amide bonds. The van der Waals surface area contributed by atoms with Gasteiger partial charge in [0.05, 0.1) is 18.1 Å². The van der Waals surface area contributed by atoms with Gasteiger partial charge in [-0.3, -0.25) is 0 Å². The Morgan fingerprint density at radius 3 is 2.67 bits per heavy atom. The van der Waals surface area contributed by atoms with Crippen molar-refractivity contribution in [1.29, 1.82) is 0 Å². The highest BCUT2D eigenvalue weighted by Crippen LogP contribution is 2.35. The number of aromatic nitrogens is 2. The first kappa shape index (κ1) is 21.1. The van der Waals surface area contributed by atoms with Crippen LogP contribution in [0.15, 0.2) is 45.8 Å². The largest absolute Gasteiger partial charge is 0.496 e. The topological polar surface area (TPSA) is 85.5 Å². The molecule has 2 heterocycles. The number of sulfonamides is 1. The van der Waals surface area contributed by atoms with Crippen molar-refractivity contribution in [2.45, 2.75) is 24.2 Å². The monoisotopic (exact) mass is 467 g/mol. The van der Waals surface area contributed by atoms with E-state index in [1.54, 1.807) is 14.0 Å². The molecule has 0 saturated carbocycles. The zero-order valence-corrected chi connectivity index (χ0v) is 18.6. The molecular weight excluding hydrogens is 449 g/mol. The quantitative estimate of drug-likeness (QED) is 0.542. The molecule has 0 aliphatic carbocycles. The molecule has 7 nitrogen and oxygen atoms in total. The number of aryl methyl sites for hydroxylation is 1. The number of hydrogen-bond donors (Lipinski definition) is 0. The summed E-state index contributed by atoms with van der Waals surface area (Å²) in [5, 5.41) is 4.55. The van der Waals surface area contributed by atoms with Gasteiger partial charge in [0, 0.05) is 30.1 Å². The van der Waals surface area contributed by atoms with Gasteiger partial charge >= 0.3 is 0 Å². The standard InChI is InChI=1S/C20H19Cl2N3O4S/c1-12-7-18(16(22)9-15(12)21)30(26,27)25-10-14(11-25)20-23-19(24-29-20)8-13-5-3-4-6-17(13)28-2/h3-7,9,14H,8,10-11H2,1-2H3. The van der Waals surface area contributed by atoms with Crippen LogP contribution in [0.5, 0.6) is 5.75 Å². The Morgan fingerprint density at radius 2 is 1.93 bits per heavy atom. The van der Waals surface area contributed by atoms with Crippen molar-refractivity contribution in [2.24, 2.45) is 0 Å². The minimum Gasteiger partial charge on any atom is -0.496 e. The van der Waals surface area contributed by atoms with Crippen molar-refractivity contribution in [3.63, 3.8) is 0 Å². The molecule has 1 saturated heterocycles. The summed E-state index contributed by atoms with van der Waals surface area (Å²) in [5.41, 5.74) is 1.59. The Balaban J connectivity index is 1.45. The Labute approximate surface area is 184 Å². The SMILES string of the molecule is COc1ccccc1Cc1noc(C2CN(S(=O)(=O)c3cc(C)c(Cl)cc3Cl)C2)n1. The molecule has 0 radical (unpaired) electrons. The molecule has 0 atom stereocenters. The van der Waals surface area contributed by atoms with E-state index in [1.165, 1.54) is 16.4 Å². The zero-order chi connectivity index (χ0) is 21.5. The van der Waals surface area contributed by atoms with Gasteiger partial charge in [-0.2, -0.15) is 9.29 Å². The molecule has 2 aromatic carbocycles. The normalized spacial score (nSPS) is 15.2. The van der Waals surface area contributed by atoms with E-state index in [9.17, 15) is 8.42 Å². The smallest absolute Gasteiger partial charge is 0.244 e. The summed E-state index contributed by atoms with van der Waals surface area (Å²) in [7, 11) is -2.12. The number of ether oxygens (including phenoxy) is 1. The van der Waals surface area contributed by atoms with Gasteiger partial charge in [0.25, 0.3) is 0 Å². The Morgan fingerprint density at radius 1 is 1.20 bits per heavy atom. The number of para-hydroxylation sites is 1. The second-order valence-corrected chi connectivity index (χ2v) is 9.81. The molecule has 0 spiro atoms. The third kappa shape index (κ3) is 3.92. The van der Waals surface area contributed by atoms with Crippen molar-refractivity contribution >= 4 is 33.2 Å². The predicted molar refractivity (Wildman–Crippen MR) is 113 cm³/mol. The molecule has 1 fully saturated rings. The molecule has 1 aliphatic rings. The zero-order valence-electron chi connectivity index (χ0n) is 16.3. The molecule has 0 bridgehead atoms. The molecule has 0 N–H and O–H groups in total. The van der Waals surface area contributed by atoms with E-state index in [4.69, 9.17) is 32.5 Å². The van der Waals surface area contributed by atoms with Crippen molar-refractivity contribution < 1.29 is 17.7 Å². The highest BCUT2D eigenvalue weighted by atomic mass is 35.5. The first-order chi connectivity index (χ1) is 14.3. The molecule has 10 heteroatoms. The molecule has 0 unspecified atom stereocenters. The minimum absolute atomic E-state index is 0.0481. The first-order valence-corrected chi connectivity index (χ1v) is 11.4. The van der Waals surface area contributed by atoms with Gasteiger partial charge < -0.3 is 9.26 Å². The van der Waals surface area contributed by atoms with Crippen molar-refractivity contribution in [1.82, 2.24) is 14.4 Å². The summed E-state index contributed by atoms with van der Waals surface area (Å²) in [4.78, 5) is 4.49. The van der Waals surface area contributed by atoms with E-state index >= 15 is 0 Å². The molecule has 1 aliphatic heterocycles. The van der Waals surface area contributed by atoms with Crippen molar-refractivity contribution in [3.8, 4) is 5.75 Å². The summed E-state index contributed by atoms with van der Waals surface area (Å²) >= 11 is 12.1. The maximum absolute atomic E-state index is 12.9. The number of rotatable bonds is 6. The van der Waals surface area contributed by atoms with Crippen LogP contribution in [0.4, 0.5) is 0 Å². The lowest BCUT2D eigenvalue weighted by molar-refractivity contribution is 0.216. The van der Waals surface area contributed by atoms with E-state index in [1.807, 2.05) is 24.3 Å². The fourth-order valence-electron chi connectivity index (χ4n) is 3.28. The van der Waals surface area contributed by atoms with Gasteiger partial charge in [0.2, 0.25) is 15.9 Å². The average molecular weight is 468 g/mol. The van der Waals surface area contributed by atoms with E-state index < -0.39 is 10.0 Å². The number of nitrogens with zero attached hydrogens (tertiary/aromatic N) is 3. The number of hydrogen-bond acceptors (Lipinski definition) is 6. The van der Waals surface area contributed by atoms with Crippen LogP contribution < -0.4 is 4.74 Å². The highest BCUT2D eigenvalue weighted by Gasteiger charge is 2.41. The van der Waals surface area contributed by atoms with Gasteiger partial charge in [-0.05, 0) is 30.7 Å². The molecular formula is C20H19Cl2N3O4S. The van der Waals surface area contributed by atoms with Crippen LogP contribution in [0.1, 0.15) is 28.8 Å². The third-order valence-electron chi connectivity index (χ3n) is 5.05. The lowest BCUT2D eigenvalue weighted by atomic mass is 10.0. The predicted octanol–water partition coefficient (Wildman–Crippen LogP) is 4.07. The van der Waals surface area contributed by atoms with Crippen LogP contribution in [0.2, 0.25) is 10.0 Å². The third-order valence-corrected chi connectivity index (χ3v) is 7.76. The molecule has 3 aromatic rings. The molecule has 1 aromatic heterocycles. The molecule has 158 valence electrons. The van der Waals surface area contributed by atoms with Crippen LogP contribution >= 0.6 is 23.2 Å². The number of methoxy groups -OCH3 is 1. The molecule has 4 rings (SSSR count). The maximum atomic E-state index is 12.9. The Hall–Kier alpha value is -2.13. The minimum atomic E-state index is -3.73. The van der Waals surface area contributed by atoms with Gasteiger partial charge in [-0.15, -0.1) is 0 Å². The van der Waals surface area contributed by atoms with E-state index in [2.05, 4.69) is 10.1 Å². The summed E-state index contributed by atoms with van der Waals surface area (Å²) in [6.45, 7) is 2.23. The summed E-state index contributed by atoms with van der Waals surface area (Å²) < 4.78 is 37.9. The Bertz CT molecular complexity index is 1190. The van der Waals surface area contributed by atoms with Crippen LogP contribution in [-0.4, -0.2) is 43.1 Å². The summed E-state index contributed by atoms with van der Waals surface area (Å²) in [5.74, 6) is 1.53. The first-order valence-electron chi connectivity index (χ1n) is 9.19. The van der Waals surface area contributed by atoms with E-state index in [0.717, 1.165) is 11.3 Å². The number of benzene rings is 2. The van der Waals surface area contributed by atoms with Gasteiger partial charge in [0.1, 0.15) is 10.6 Å². The summed E-state index contributed by atoms with van der Waals surface area (Å²) in [6.07, 6.45) is 0.460. The highest BCUT2D eigenvalue weighted by molar-refractivity contribution is 7.89. The van der Waals surface area contributed by atoms with E-state index in [0.29, 0.717) is 28.7 Å². The fraction of sp³-hybridized carbons (Fsp3) is 0.300. The second-order valence-electron chi connectivity index (χ2n) is 7.09. The maximum Gasteiger partial charge on any atom is 0.244 e. The van der Waals surface area contributed by atoms with Crippen molar-refractivity contribution in [2.75, 3.05) is 20.2 Å².